The third-order valence-corrected chi connectivity index (χ3v) is 3.60. The highest BCUT2D eigenvalue weighted by Gasteiger charge is 2.19. The highest BCUT2D eigenvalue weighted by Crippen LogP contribution is 2.35. The first kappa shape index (κ1) is 17.3. The van der Waals surface area contributed by atoms with Crippen molar-refractivity contribution in [3.05, 3.63) is 48.4 Å². The second kappa shape index (κ2) is 7.56. The van der Waals surface area contributed by atoms with E-state index in [1.807, 2.05) is 0 Å². The monoisotopic (exact) mass is 356 g/mol. The lowest BCUT2D eigenvalue weighted by Gasteiger charge is -2.13. The molecule has 8 nitrogen and oxygen atoms in total. The second-order valence-electron chi connectivity index (χ2n) is 5.07. The smallest absolute Gasteiger partial charge is 0.347 e. The van der Waals surface area contributed by atoms with Crippen LogP contribution < -0.4 is 18.9 Å². The Morgan fingerprint density at radius 3 is 2.15 bits per heavy atom. The van der Waals surface area contributed by atoms with Gasteiger partial charge in [0, 0.05) is 17.7 Å². The van der Waals surface area contributed by atoms with Crippen molar-refractivity contribution in [2.24, 2.45) is 0 Å². The molecule has 1 heterocycles. The van der Waals surface area contributed by atoms with Crippen molar-refractivity contribution in [1.82, 2.24) is 10.2 Å². The number of ether oxygens (including phenoxy) is 4. The molecule has 0 N–H and O–H groups in total. The Labute approximate surface area is 149 Å². The minimum atomic E-state index is -0.589. The maximum absolute atomic E-state index is 12.5. The van der Waals surface area contributed by atoms with E-state index in [0.29, 0.717) is 34.5 Å². The molecule has 0 aliphatic heterocycles. The summed E-state index contributed by atoms with van der Waals surface area (Å²) in [6.45, 7) is 0. The maximum atomic E-state index is 12.5. The Balaban J connectivity index is 1.83. The lowest BCUT2D eigenvalue weighted by atomic mass is 10.1. The number of aromatic nitrogens is 2. The van der Waals surface area contributed by atoms with Gasteiger partial charge in [0.1, 0.15) is 17.1 Å². The van der Waals surface area contributed by atoms with Crippen LogP contribution in [-0.2, 0) is 0 Å². The van der Waals surface area contributed by atoms with Crippen molar-refractivity contribution in [2.45, 2.75) is 0 Å². The van der Waals surface area contributed by atoms with Crippen LogP contribution in [0.2, 0.25) is 0 Å². The molecule has 0 fully saturated rings. The number of hydrogen-bond acceptors (Lipinski definition) is 8. The van der Waals surface area contributed by atoms with E-state index in [-0.39, 0.29) is 5.56 Å². The molecule has 26 heavy (non-hydrogen) atoms. The van der Waals surface area contributed by atoms with E-state index in [1.54, 1.807) is 30.3 Å². The summed E-state index contributed by atoms with van der Waals surface area (Å²) >= 11 is 0. The van der Waals surface area contributed by atoms with Gasteiger partial charge in [0.15, 0.2) is 11.5 Å². The average Bonchev–Trinajstić information content (AvgIpc) is 3.22. The number of carbonyl (C=O) groups is 1. The van der Waals surface area contributed by atoms with Crippen LogP contribution >= 0.6 is 0 Å². The molecular formula is C18H16N2O6. The van der Waals surface area contributed by atoms with E-state index >= 15 is 0 Å². The van der Waals surface area contributed by atoms with Gasteiger partial charge in [-0.3, -0.25) is 0 Å². The van der Waals surface area contributed by atoms with Gasteiger partial charge in [-0.25, -0.2) is 4.79 Å². The summed E-state index contributed by atoms with van der Waals surface area (Å²) in [6.07, 6.45) is 1.24. The SMILES string of the molecule is COc1cc(OC)c(C(=O)Oc2ccc(-c3nnco3)cc2)cc1OC. The molecule has 0 amide bonds. The zero-order chi connectivity index (χ0) is 18.5. The summed E-state index contributed by atoms with van der Waals surface area (Å²) in [5.74, 6) is 1.31. The Morgan fingerprint density at radius 2 is 1.58 bits per heavy atom. The van der Waals surface area contributed by atoms with Crippen LogP contribution in [0.3, 0.4) is 0 Å². The molecule has 0 saturated heterocycles. The van der Waals surface area contributed by atoms with Crippen molar-refractivity contribution in [2.75, 3.05) is 21.3 Å². The molecule has 0 atom stereocenters. The van der Waals surface area contributed by atoms with E-state index in [4.69, 9.17) is 23.4 Å². The van der Waals surface area contributed by atoms with E-state index in [9.17, 15) is 4.79 Å². The second-order valence-corrected chi connectivity index (χ2v) is 5.07. The first-order chi connectivity index (χ1) is 12.7. The summed E-state index contributed by atoms with van der Waals surface area (Å²) in [4.78, 5) is 12.5. The van der Waals surface area contributed by atoms with Crippen LogP contribution in [-0.4, -0.2) is 37.5 Å². The molecule has 8 heteroatoms. The van der Waals surface area contributed by atoms with Crippen LogP contribution in [0.5, 0.6) is 23.0 Å². The third kappa shape index (κ3) is 3.44. The molecule has 0 radical (unpaired) electrons. The van der Waals surface area contributed by atoms with Crippen LogP contribution in [0.4, 0.5) is 0 Å². The van der Waals surface area contributed by atoms with E-state index in [1.165, 1.54) is 33.8 Å². The minimum Gasteiger partial charge on any atom is -0.496 e. The van der Waals surface area contributed by atoms with Gasteiger partial charge in [-0.15, -0.1) is 10.2 Å². The van der Waals surface area contributed by atoms with Crippen molar-refractivity contribution >= 4 is 5.97 Å². The van der Waals surface area contributed by atoms with Crippen LogP contribution in [0.15, 0.2) is 47.2 Å². The molecule has 0 spiro atoms. The molecule has 0 unspecified atom stereocenters. The lowest BCUT2D eigenvalue weighted by molar-refractivity contribution is 0.0731. The van der Waals surface area contributed by atoms with Gasteiger partial charge >= 0.3 is 5.97 Å². The van der Waals surface area contributed by atoms with Gasteiger partial charge in [-0.05, 0) is 24.3 Å². The van der Waals surface area contributed by atoms with Crippen LogP contribution in [0.25, 0.3) is 11.5 Å². The largest absolute Gasteiger partial charge is 0.496 e. The first-order valence-electron chi connectivity index (χ1n) is 7.55. The summed E-state index contributed by atoms with van der Waals surface area (Å²) in [6, 6.07) is 9.75. The van der Waals surface area contributed by atoms with E-state index in [0.717, 1.165) is 0 Å². The fourth-order valence-corrected chi connectivity index (χ4v) is 2.32. The third-order valence-electron chi connectivity index (χ3n) is 3.60. The molecule has 0 saturated carbocycles. The molecule has 3 aromatic rings. The number of carbonyl (C=O) groups excluding carboxylic acids is 1. The van der Waals surface area contributed by atoms with Crippen LogP contribution in [0, 0.1) is 0 Å². The van der Waals surface area contributed by atoms with Gasteiger partial charge < -0.3 is 23.4 Å². The molecule has 2 aromatic carbocycles. The maximum Gasteiger partial charge on any atom is 0.347 e. The normalized spacial score (nSPS) is 10.3. The number of benzene rings is 2. The topological polar surface area (TPSA) is 92.9 Å². The fourth-order valence-electron chi connectivity index (χ4n) is 2.32. The highest BCUT2D eigenvalue weighted by atomic mass is 16.5. The number of rotatable bonds is 6. The predicted octanol–water partition coefficient (Wildman–Crippen LogP) is 2.98. The molecule has 1 aromatic heterocycles. The van der Waals surface area contributed by atoms with Crippen molar-refractivity contribution in [1.29, 1.82) is 0 Å². The van der Waals surface area contributed by atoms with Gasteiger partial charge in [0.25, 0.3) is 0 Å². The molecule has 134 valence electrons. The number of esters is 1. The molecule has 3 rings (SSSR count). The average molecular weight is 356 g/mol. The first-order valence-corrected chi connectivity index (χ1v) is 7.55. The van der Waals surface area contributed by atoms with Crippen LogP contribution in [0.1, 0.15) is 10.4 Å². The Morgan fingerprint density at radius 1 is 0.923 bits per heavy atom. The summed E-state index contributed by atoms with van der Waals surface area (Å²) in [7, 11) is 4.44. The number of hydrogen-bond donors (Lipinski definition) is 0. The zero-order valence-corrected chi connectivity index (χ0v) is 14.4. The van der Waals surface area contributed by atoms with Crippen molar-refractivity contribution in [3.63, 3.8) is 0 Å². The molecule has 0 aliphatic carbocycles. The lowest BCUT2D eigenvalue weighted by Crippen LogP contribution is -2.11. The van der Waals surface area contributed by atoms with Gasteiger partial charge in [-0.1, -0.05) is 0 Å². The number of nitrogens with zero attached hydrogens (tertiary/aromatic N) is 2. The van der Waals surface area contributed by atoms with E-state index in [2.05, 4.69) is 10.2 Å². The Kier molecular flexibility index (Phi) is 5.02. The summed E-state index contributed by atoms with van der Waals surface area (Å²) in [5, 5.41) is 7.44. The Hall–Kier alpha value is -3.55. The fraction of sp³-hybridized carbons (Fsp3) is 0.167. The predicted molar refractivity (Wildman–Crippen MR) is 90.8 cm³/mol. The quantitative estimate of drug-likeness (QED) is 0.491. The highest BCUT2D eigenvalue weighted by molar-refractivity contribution is 5.95. The Bertz CT molecular complexity index is 891. The standard InChI is InChI=1S/C18H16N2O6/c1-22-14-9-16(24-3)15(23-2)8-13(14)18(21)26-12-6-4-11(5-7-12)17-20-19-10-25-17/h4-10H,1-3H3. The van der Waals surface area contributed by atoms with Crippen molar-refractivity contribution in [3.8, 4) is 34.5 Å². The summed E-state index contributed by atoms with van der Waals surface area (Å²) < 4.78 is 26.2. The van der Waals surface area contributed by atoms with Gasteiger partial charge in [-0.2, -0.15) is 0 Å². The molecular weight excluding hydrogens is 340 g/mol. The zero-order valence-electron chi connectivity index (χ0n) is 14.4. The van der Waals surface area contributed by atoms with E-state index < -0.39 is 5.97 Å². The minimum absolute atomic E-state index is 0.214. The molecule has 0 aliphatic rings. The number of methoxy groups -OCH3 is 3. The summed E-state index contributed by atoms with van der Waals surface area (Å²) in [5.41, 5.74) is 0.928. The van der Waals surface area contributed by atoms with Crippen molar-refractivity contribution < 1.29 is 28.2 Å². The molecule has 0 bridgehead atoms. The van der Waals surface area contributed by atoms with Gasteiger partial charge in [0.2, 0.25) is 12.3 Å². The van der Waals surface area contributed by atoms with Gasteiger partial charge in [0.05, 0.1) is 21.3 Å².